The Morgan fingerprint density at radius 1 is 0.393 bits per heavy atom. The molecule has 7 aromatic carbocycles. The van der Waals surface area contributed by atoms with Gasteiger partial charge in [0.15, 0.2) is 23.1 Å². The second-order valence-corrected chi connectivity index (χ2v) is 13.8. The number of pyridine rings is 1. The zero-order valence-electron chi connectivity index (χ0n) is 30.0. The molecule has 0 atom stereocenters. The van der Waals surface area contributed by atoms with E-state index < -0.39 is 0 Å². The van der Waals surface area contributed by atoms with E-state index >= 15 is 0 Å². The van der Waals surface area contributed by atoms with Gasteiger partial charge < -0.3 is 4.42 Å². The van der Waals surface area contributed by atoms with Crippen LogP contribution in [0, 0.1) is 0 Å². The molecule has 0 unspecified atom stereocenters. The van der Waals surface area contributed by atoms with Gasteiger partial charge in [0.2, 0.25) is 0 Å². The van der Waals surface area contributed by atoms with Gasteiger partial charge >= 0.3 is 0 Å². The molecule has 6 heteroatoms. The first-order valence-corrected chi connectivity index (χ1v) is 18.6. The summed E-state index contributed by atoms with van der Waals surface area (Å²) in [7, 11) is 0. The van der Waals surface area contributed by atoms with Gasteiger partial charge in [-0.2, -0.15) is 0 Å². The predicted molar refractivity (Wildman–Crippen MR) is 226 cm³/mol. The van der Waals surface area contributed by atoms with Crippen LogP contribution in [0.4, 0.5) is 0 Å². The lowest BCUT2D eigenvalue weighted by Crippen LogP contribution is -2.06. The number of rotatable bonds is 6. The van der Waals surface area contributed by atoms with Crippen molar-refractivity contribution in [3.8, 4) is 62.2 Å². The van der Waals surface area contributed by atoms with E-state index in [9.17, 15) is 0 Å². The highest BCUT2D eigenvalue weighted by atomic mass is 16.3. The summed E-state index contributed by atoms with van der Waals surface area (Å²) in [5.41, 5.74) is 10.4. The van der Waals surface area contributed by atoms with Crippen LogP contribution in [-0.4, -0.2) is 24.5 Å². The van der Waals surface area contributed by atoms with E-state index in [1.165, 1.54) is 0 Å². The van der Waals surface area contributed by atoms with Gasteiger partial charge in [0, 0.05) is 44.4 Å². The fourth-order valence-electron chi connectivity index (χ4n) is 7.93. The predicted octanol–water partition coefficient (Wildman–Crippen LogP) is 12.6. The molecule has 11 rings (SSSR count). The third-order valence-electron chi connectivity index (χ3n) is 10.5. The molecule has 4 heterocycles. The Morgan fingerprint density at radius 3 is 1.62 bits per heavy atom. The van der Waals surface area contributed by atoms with Crippen molar-refractivity contribution in [1.82, 2.24) is 24.5 Å². The van der Waals surface area contributed by atoms with Crippen LogP contribution in [0.3, 0.4) is 0 Å². The van der Waals surface area contributed by atoms with Crippen LogP contribution in [0.1, 0.15) is 0 Å². The van der Waals surface area contributed by atoms with Crippen LogP contribution in [0.5, 0.6) is 0 Å². The van der Waals surface area contributed by atoms with E-state index in [0.717, 1.165) is 82.7 Å². The van der Waals surface area contributed by atoms with Gasteiger partial charge in [-0.25, -0.2) is 19.9 Å². The molecule has 262 valence electrons. The molecule has 0 spiro atoms. The Bertz CT molecular complexity index is 3190. The van der Waals surface area contributed by atoms with Crippen molar-refractivity contribution in [2.45, 2.75) is 0 Å². The summed E-state index contributed by atoms with van der Waals surface area (Å²) < 4.78 is 8.95. The van der Waals surface area contributed by atoms with E-state index in [2.05, 4.69) is 108 Å². The molecule has 0 fully saturated rings. The average Bonchev–Trinajstić information content (AvgIpc) is 3.83. The van der Waals surface area contributed by atoms with Crippen LogP contribution < -0.4 is 0 Å². The van der Waals surface area contributed by atoms with Crippen molar-refractivity contribution in [1.29, 1.82) is 0 Å². The Labute approximate surface area is 322 Å². The molecule has 0 bridgehead atoms. The molecular weight excluding hydrogens is 687 g/mol. The second kappa shape index (κ2) is 13.0. The minimum atomic E-state index is 0.516. The summed E-state index contributed by atoms with van der Waals surface area (Å²) in [5, 5.41) is 4.29. The molecule has 0 aliphatic carbocycles. The molecule has 0 saturated heterocycles. The number of benzene rings is 7. The van der Waals surface area contributed by atoms with Crippen LogP contribution in [0.2, 0.25) is 0 Å². The summed E-state index contributed by atoms with van der Waals surface area (Å²) >= 11 is 0. The Hall–Kier alpha value is -7.70. The zero-order valence-corrected chi connectivity index (χ0v) is 30.0. The topological polar surface area (TPSA) is 69.6 Å². The maximum absolute atomic E-state index is 6.72. The minimum Gasteiger partial charge on any atom is -0.454 e. The van der Waals surface area contributed by atoms with Crippen molar-refractivity contribution < 1.29 is 4.42 Å². The fraction of sp³-hybridized carbons (Fsp3) is 0. The van der Waals surface area contributed by atoms with E-state index in [0.29, 0.717) is 23.3 Å². The van der Waals surface area contributed by atoms with E-state index in [1.807, 2.05) is 85.1 Å². The third-order valence-corrected chi connectivity index (χ3v) is 10.5. The number of hydrogen-bond donors (Lipinski definition) is 0. The average molecular weight is 718 g/mol. The molecule has 6 nitrogen and oxygen atoms in total. The van der Waals surface area contributed by atoms with Crippen LogP contribution in [0.15, 0.2) is 193 Å². The molecule has 0 radical (unpaired) electrons. The van der Waals surface area contributed by atoms with E-state index in [4.69, 9.17) is 24.4 Å². The Kier molecular flexibility index (Phi) is 7.38. The summed E-state index contributed by atoms with van der Waals surface area (Å²) in [6.07, 6.45) is 1.97. The zero-order chi connectivity index (χ0) is 37.0. The van der Waals surface area contributed by atoms with Crippen molar-refractivity contribution in [2.24, 2.45) is 0 Å². The molecule has 4 aromatic heterocycles. The summed E-state index contributed by atoms with van der Waals surface area (Å²) in [4.78, 5) is 20.9. The quantitative estimate of drug-likeness (QED) is 0.171. The van der Waals surface area contributed by atoms with Gasteiger partial charge in [-0.05, 0) is 41.0 Å². The minimum absolute atomic E-state index is 0.516. The Balaban J connectivity index is 1.26. The van der Waals surface area contributed by atoms with Gasteiger partial charge in [0.25, 0.3) is 0 Å². The number of para-hydroxylation sites is 2. The van der Waals surface area contributed by atoms with Crippen LogP contribution in [-0.2, 0) is 0 Å². The number of fused-ring (bicyclic) bond motifs is 7. The molecule has 0 saturated carbocycles. The first-order valence-electron chi connectivity index (χ1n) is 18.6. The van der Waals surface area contributed by atoms with Gasteiger partial charge in [0.1, 0.15) is 11.4 Å². The van der Waals surface area contributed by atoms with Gasteiger partial charge in [-0.15, -0.1) is 0 Å². The van der Waals surface area contributed by atoms with Crippen LogP contribution >= 0.6 is 0 Å². The maximum Gasteiger partial charge on any atom is 0.167 e. The smallest absolute Gasteiger partial charge is 0.167 e. The molecule has 0 aliphatic rings. The first kappa shape index (κ1) is 31.8. The fourth-order valence-corrected chi connectivity index (χ4v) is 7.93. The lowest BCUT2D eigenvalue weighted by Gasteiger charge is -2.16. The number of furan rings is 1. The number of aromatic nitrogens is 5. The van der Waals surface area contributed by atoms with Crippen molar-refractivity contribution in [3.05, 3.63) is 188 Å². The largest absolute Gasteiger partial charge is 0.454 e. The standard InChI is InChI=1S/C50H31N5O/c1-4-16-32(17-5-1)36-22-10-11-23-37(36)35-30-42(49-53-47(33-18-6-2-7-19-33)52-48(54-49)34-20-8-3-9-21-34)50(51-31-35)55-43-26-14-12-24-38(43)40-28-29-41-39-25-13-15-27-44(39)56-46(41)45(40)55/h1-31H. The van der Waals surface area contributed by atoms with Crippen molar-refractivity contribution >= 4 is 43.7 Å². The molecule has 0 amide bonds. The summed E-state index contributed by atoms with van der Waals surface area (Å²) in [5.74, 6) is 2.37. The highest BCUT2D eigenvalue weighted by Gasteiger charge is 2.24. The lowest BCUT2D eigenvalue weighted by atomic mass is 9.94. The van der Waals surface area contributed by atoms with Gasteiger partial charge in [-0.1, -0.05) is 158 Å². The lowest BCUT2D eigenvalue weighted by molar-refractivity contribution is 0.671. The summed E-state index contributed by atoms with van der Waals surface area (Å²) in [6, 6.07) is 62.3. The van der Waals surface area contributed by atoms with Crippen molar-refractivity contribution in [2.75, 3.05) is 0 Å². The Morgan fingerprint density at radius 2 is 0.929 bits per heavy atom. The highest BCUT2D eigenvalue weighted by Crippen LogP contribution is 2.43. The summed E-state index contributed by atoms with van der Waals surface area (Å²) in [6.45, 7) is 0. The SMILES string of the molecule is c1ccc(-c2nc(-c3ccccc3)nc(-c3cc(-c4ccccc4-c4ccccc4)cnc3-n3c4ccccc4c4ccc5c6ccccc6oc5c43)n2)cc1. The van der Waals surface area contributed by atoms with E-state index in [-0.39, 0.29) is 0 Å². The number of nitrogens with zero attached hydrogens (tertiary/aromatic N) is 5. The van der Waals surface area contributed by atoms with Gasteiger partial charge in [-0.3, -0.25) is 4.57 Å². The molecule has 0 N–H and O–H groups in total. The van der Waals surface area contributed by atoms with Gasteiger partial charge in [0.05, 0.1) is 16.6 Å². The first-order chi connectivity index (χ1) is 27.8. The van der Waals surface area contributed by atoms with Crippen molar-refractivity contribution in [3.63, 3.8) is 0 Å². The molecular formula is C50H31N5O. The number of hydrogen-bond acceptors (Lipinski definition) is 5. The molecule has 11 aromatic rings. The maximum atomic E-state index is 6.72. The normalized spacial score (nSPS) is 11.6. The monoisotopic (exact) mass is 717 g/mol. The molecule has 56 heavy (non-hydrogen) atoms. The highest BCUT2D eigenvalue weighted by molar-refractivity contribution is 6.21. The third kappa shape index (κ3) is 5.19. The van der Waals surface area contributed by atoms with Crippen LogP contribution in [0.25, 0.3) is 106 Å². The molecule has 0 aliphatic heterocycles. The van der Waals surface area contributed by atoms with E-state index in [1.54, 1.807) is 0 Å². The second-order valence-electron chi connectivity index (χ2n) is 13.8.